The molecule has 6 heteroatoms. The summed E-state index contributed by atoms with van der Waals surface area (Å²) >= 11 is 0. The molecule has 0 bridgehead atoms. The Morgan fingerprint density at radius 2 is 1.92 bits per heavy atom. The van der Waals surface area contributed by atoms with Crippen molar-refractivity contribution < 1.29 is 19.0 Å². The first kappa shape index (κ1) is 18.2. The molecule has 0 radical (unpaired) electrons. The molecule has 1 N–H and O–H groups in total. The number of methoxy groups -OCH3 is 1. The van der Waals surface area contributed by atoms with Gasteiger partial charge in [0.25, 0.3) is 5.91 Å². The van der Waals surface area contributed by atoms with Crippen molar-refractivity contribution in [2.24, 2.45) is 0 Å². The van der Waals surface area contributed by atoms with E-state index in [1.54, 1.807) is 24.1 Å². The normalized spacial score (nSPS) is 10.9. The second-order valence-electron chi connectivity index (χ2n) is 5.61. The molecule has 130 valence electrons. The molecule has 0 saturated heterocycles. The SMILES string of the molecule is COCCN(CCO)C(=O)c1cc(C)n(-c2ccc(F)cc2)c1C. The summed E-state index contributed by atoms with van der Waals surface area (Å²) in [6, 6.07) is 7.97. The minimum atomic E-state index is -0.300. The lowest BCUT2D eigenvalue weighted by Gasteiger charge is -2.21. The maximum Gasteiger partial charge on any atom is 0.255 e. The predicted octanol–water partition coefficient (Wildman–Crippen LogP) is 2.31. The number of aliphatic hydroxyl groups excluding tert-OH is 1. The molecule has 1 aromatic carbocycles. The summed E-state index contributed by atoms with van der Waals surface area (Å²) in [6.45, 7) is 4.73. The van der Waals surface area contributed by atoms with Crippen molar-refractivity contribution in [3.05, 3.63) is 53.1 Å². The van der Waals surface area contributed by atoms with Gasteiger partial charge in [0, 0.05) is 37.3 Å². The lowest BCUT2D eigenvalue weighted by Crippen LogP contribution is -2.36. The van der Waals surface area contributed by atoms with Crippen LogP contribution in [0, 0.1) is 19.7 Å². The fourth-order valence-electron chi connectivity index (χ4n) is 2.77. The number of aromatic nitrogens is 1. The van der Waals surface area contributed by atoms with E-state index in [4.69, 9.17) is 4.74 Å². The predicted molar refractivity (Wildman–Crippen MR) is 90.1 cm³/mol. The van der Waals surface area contributed by atoms with E-state index in [1.807, 2.05) is 24.5 Å². The van der Waals surface area contributed by atoms with Gasteiger partial charge in [0.2, 0.25) is 0 Å². The average molecular weight is 334 g/mol. The molecule has 0 aliphatic carbocycles. The average Bonchev–Trinajstić information content (AvgIpc) is 2.86. The molecule has 0 unspecified atom stereocenters. The van der Waals surface area contributed by atoms with E-state index in [2.05, 4.69) is 0 Å². The van der Waals surface area contributed by atoms with Crippen LogP contribution in [0.1, 0.15) is 21.7 Å². The first-order valence-corrected chi connectivity index (χ1v) is 7.83. The number of halogens is 1. The number of hydrogen-bond acceptors (Lipinski definition) is 3. The number of benzene rings is 1. The van der Waals surface area contributed by atoms with E-state index in [9.17, 15) is 14.3 Å². The minimum absolute atomic E-state index is 0.105. The van der Waals surface area contributed by atoms with Gasteiger partial charge >= 0.3 is 0 Å². The Balaban J connectivity index is 2.35. The van der Waals surface area contributed by atoms with Crippen molar-refractivity contribution in [1.82, 2.24) is 9.47 Å². The van der Waals surface area contributed by atoms with Crippen LogP contribution in [0.3, 0.4) is 0 Å². The van der Waals surface area contributed by atoms with Crippen LogP contribution in [0.2, 0.25) is 0 Å². The molecule has 2 aromatic rings. The summed E-state index contributed by atoms with van der Waals surface area (Å²) in [5, 5.41) is 9.19. The number of ether oxygens (including phenoxy) is 1. The quantitative estimate of drug-likeness (QED) is 0.845. The maximum atomic E-state index is 13.1. The first-order valence-electron chi connectivity index (χ1n) is 7.83. The third-order valence-corrected chi connectivity index (χ3v) is 3.97. The Kier molecular flexibility index (Phi) is 6.11. The zero-order valence-corrected chi connectivity index (χ0v) is 14.3. The van der Waals surface area contributed by atoms with Gasteiger partial charge in [-0.05, 0) is 44.2 Å². The van der Waals surface area contributed by atoms with Gasteiger partial charge in [-0.3, -0.25) is 4.79 Å². The molecule has 0 fully saturated rings. The topological polar surface area (TPSA) is 54.7 Å². The lowest BCUT2D eigenvalue weighted by molar-refractivity contribution is 0.0656. The van der Waals surface area contributed by atoms with Gasteiger partial charge in [0.05, 0.1) is 18.8 Å². The van der Waals surface area contributed by atoms with Crippen molar-refractivity contribution in [2.45, 2.75) is 13.8 Å². The number of carbonyl (C=O) groups excluding carboxylic acids is 1. The largest absolute Gasteiger partial charge is 0.395 e. The Bertz CT molecular complexity index is 695. The second-order valence-corrected chi connectivity index (χ2v) is 5.61. The van der Waals surface area contributed by atoms with Crippen molar-refractivity contribution in [3.63, 3.8) is 0 Å². The van der Waals surface area contributed by atoms with Crippen LogP contribution in [0.5, 0.6) is 0 Å². The fraction of sp³-hybridized carbons (Fsp3) is 0.389. The van der Waals surface area contributed by atoms with Crippen LogP contribution in [-0.2, 0) is 4.74 Å². The van der Waals surface area contributed by atoms with Gasteiger partial charge in [-0.15, -0.1) is 0 Å². The summed E-state index contributed by atoms with van der Waals surface area (Å²) in [6.07, 6.45) is 0. The summed E-state index contributed by atoms with van der Waals surface area (Å²) in [4.78, 5) is 14.4. The maximum absolute atomic E-state index is 13.1. The molecule has 0 saturated carbocycles. The molecule has 24 heavy (non-hydrogen) atoms. The highest BCUT2D eigenvalue weighted by molar-refractivity contribution is 5.96. The number of carbonyl (C=O) groups is 1. The van der Waals surface area contributed by atoms with Gasteiger partial charge in [-0.1, -0.05) is 0 Å². The van der Waals surface area contributed by atoms with Crippen molar-refractivity contribution in [2.75, 3.05) is 33.4 Å². The lowest BCUT2D eigenvalue weighted by atomic mass is 10.2. The number of rotatable bonds is 7. The Labute approximate surface area is 141 Å². The van der Waals surface area contributed by atoms with E-state index >= 15 is 0 Å². The van der Waals surface area contributed by atoms with Gasteiger partial charge in [0.15, 0.2) is 0 Å². The fourth-order valence-corrected chi connectivity index (χ4v) is 2.77. The van der Waals surface area contributed by atoms with Gasteiger partial charge in [-0.25, -0.2) is 4.39 Å². The minimum Gasteiger partial charge on any atom is -0.395 e. The number of aryl methyl sites for hydroxylation is 1. The van der Waals surface area contributed by atoms with Gasteiger partial charge in [0.1, 0.15) is 5.82 Å². The Hall–Kier alpha value is -2.18. The molecule has 5 nitrogen and oxygen atoms in total. The number of aliphatic hydroxyl groups is 1. The molecule has 2 rings (SSSR count). The highest BCUT2D eigenvalue weighted by atomic mass is 19.1. The zero-order chi connectivity index (χ0) is 17.7. The van der Waals surface area contributed by atoms with E-state index < -0.39 is 0 Å². The van der Waals surface area contributed by atoms with Crippen LogP contribution in [0.4, 0.5) is 4.39 Å². The van der Waals surface area contributed by atoms with Crippen LogP contribution in [-0.4, -0.2) is 53.9 Å². The smallest absolute Gasteiger partial charge is 0.255 e. The molecule has 0 atom stereocenters. The van der Waals surface area contributed by atoms with E-state index in [1.165, 1.54) is 12.1 Å². The van der Waals surface area contributed by atoms with Crippen LogP contribution < -0.4 is 0 Å². The third-order valence-electron chi connectivity index (χ3n) is 3.97. The molecule has 0 aliphatic rings. The summed E-state index contributed by atoms with van der Waals surface area (Å²) < 4.78 is 20.1. The second kappa shape index (κ2) is 8.08. The monoisotopic (exact) mass is 334 g/mol. The summed E-state index contributed by atoms with van der Waals surface area (Å²) in [5.41, 5.74) is 3.04. The first-order chi connectivity index (χ1) is 11.5. The highest BCUT2D eigenvalue weighted by Crippen LogP contribution is 2.22. The number of nitrogens with zero attached hydrogens (tertiary/aromatic N) is 2. The van der Waals surface area contributed by atoms with E-state index in [-0.39, 0.29) is 24.9 Å². The number of hydrogen-bond donors (Lipinski definition) is 1. The molecule has 1 amide bonds. The molecular weight excluding hydrogens is 311 g/mol. The molecule has 1 heterocycles. The van der Waals surface area contributed by atoms with Crippen molar-refractivity contribution in [1.29, 1.82) is 0 Å². The number of amides is 1. The Morgan fingerprint density at radius 1 is 1.25 bits per heavy atom. The summed E-state index contributed by atoms with van der Waals surface area (Å²) in [7, 11) is 1.57. The zero-order valence-electron chi connectivity index (χ0n) is 14.3. The summed E-state index contributed by atoms with van der Waals surface area (Å²) in [5.74, 6) is -0.450. The molecule has 0 aliphatic heterocycles. The third kappa shape index (κ3) is 3.83. The van der Waals surface area contributed by atoms with Crippen LogP contribution in [0.25, 0.3) is 5.69 Å². The van der Waals surface area contributed by atoms with Crippen molar-refractivity contribution in [3.8, 4) is 5.69 Å². The molecule has 1 aromatic heterocycles. The highest BCUT2D eigenvalue weighted by Gasteiger charge is 2.21. The van der Waals surface area contributed by atoms with Gasteiger partial charge in [-0.2, -0.15) is 0 Å². The van der Waals surface area contributed by atoms with Crippen LogP contribution in [0.15, 0.2) is 30.3 Å². The Morgan fingerprint density at radius 3 is 2.50 bits per heavy atom. The van der Waals surface area contributed by atoms with Crippen molar-refractivity contribution >= 4 is 5.91 Å². The molecular formula is C18H23FN2O3. The standard InChI is InChI=1S/C18H23FN2O3/c1-13-12-17(18(23)20(8-10-22)9-11-24-3)14(2)21(13)16-6-4-15(19)5-7-16/h4-7,12,22H,8-11H2,1-3H3. The molecule has 0 spiro atoms. The van der Waals surface area contributed by atoms with Gasteiger partial charge < -0.3 is 19.3 Å². The van der Waals surface area contributed by atoms with E-state index in [0.29, 0.717) is 18.7 Å². The van der Waals surface area contributed by atoms with E-state index in [0.717, 1.165) is 17.1 Å². The van der Waals surface area contributed by atoms with Crippen LogP contribution >= 0.6 is 0 Å².